The lowest BCUT2D eigenvalue weighted by Gasteiger charge is -2.26. The third kappa shape index (κ3) is 6.48. The Labute approximate surface area is 162 Å². The minimum Gasteiger partial charge on any atom is -0.379 e. The smallest absolute Gasteiger partial charge is 0.225 e. The molecule has 2 heterocycles. The first-order valence-corrected chi connectivity index (χ1v) is 10.1. The van der Waals surface area contributed by atoms with Crippen LogP contribution in [0.3, 0.4) is 0 Å². The van der Waals surface area contributed by atoms with Crippen LogP contribution in [-0.4, -0.2) is 60.8 Å². The van der Waals surface area contributed by atoms with Gasteiger partial charge < -0.3 is 15.4 Å². The molecular formula is C21H31N5O. The number of rotatable bonds is 10. The summed E-state index contributed by atoms with van der Waals surface area (Å²) in [6.07, 6.45) is 3.60. The van der Waals surface area contributed by atoms with Crippen molar-refractivity contribution in [2.75, 3.05) is 56.6 Å². The minimum absolute atomic E-state index is 0.683. The van der Waals surface area contributed by atoms with Crippen LogP contribution in [0.25, 0.3) is 11.3 Å². The Balaban J connectivity index is 1.65. The number of nitrogens with zero attached hydrogens (tertiary/aromatic N) is 3. The van der Waals surface area contributed by atoms with Gasteiger partial charge in [0.25, 0.3) is 0 Å². The van der Waals surface area contributed by atoms with E-state index in [1.165, 1.54) is 12.8 Å². The van der Waals surface area contributed by atoms with E-state index >= 15 is 0 Å². The SMILES string of the molecule is CCCCCNc1cc(-c2ccccc2)nc(NCCN2CCOCC2)n1. The van der Waals surface area contributed by atoms with Gasteiger partial charge in [-0.05, 0) is 6.42 Å². The number of ether oxygens (including phenoxy) is 1. The number of nitrogens with one attached hydrogen (secondary N) is 2. The standard InChI is InChI=1S/C21H31N5O/c1-2-3-7-10-22-20-17-19(18-8-5-4-6-9-18)24-21(25-20)23-11-12-26-13-15-27-16-14-26/h4-6,8-9,17H,2-3,7,10-16H2,1H3,(H2,22,23,24,25). The number of morpholine rings is 1. The largest absolute Gasteiger partial charge is 0.379 e. The van der Waals surface area contributed by atoms with E-state index in [1.807, 2.05) is 24.3 Å². The maximum absolute atomic E-state index is 5.40. The molecule has 1 aromatic carbocycles. The molecule has 0 aliphatic carbocycles. The third-order valence-corrected chi connectivity index (χ3v) is 4.70. The molecule has 6 nitrogen and oxygen atoms in total. The van der Waals surface area contributed by atoms with Crippen LogP contribution >= 0.6 is 0 Å². The molecule has 0 spiro atoms. The highest BCUT2D eigenvalue weighted by molar-refractivity contribution is 5.64. The second-order valence-corrected chi connectivity index (χ2v) is 6.84. The average molecular weight is 370 g/mol. The van der Waals surface area contributed by atoms with Crippen molar-refractivity contribution >= 4 is 11.8 Å². The van der Waals surface area contributed by atoms with E-state index in [0.717, 1.165) is 69.4 Å². The summed E-state index contributed by atoms with van der Waals surface area (Å²) < 4.78 is 5.40. The molecule has 2 N–H and O–H groups in total. The monoisotopic (exact) mass is 369 g/mol. The molecule has 1 aliphatic rings. The van der Waals surface area contributed by atoms with Crippen LogP contribution in [0.4, 0.5) is 11.8 Å². The van der Waals surface area contributed by atoms with Crippen LogP contribution in [0.1, 0.15) is 26.2 Å². The quantitative estimate of drug-likeness (QED) is 0.625. The van der Waals surface area contributed by atoms with Crippen molar-refractivity contribution < 1.29 is 4.74 Å². The molecule has 0 atom stereocenters. The fraction of sp³-hybridized carbons (Fsp3) is 0.524. The normalized spacial score (nSPS) is 14.9. The molecule has 27 heavy (non-hydrogen) atoms. The Morgan fingerprint density at radius 1 is 1.00 bits per heavy atom. The van der Waals surface area contributed by atoms with Crippen molar-refractivity contribution in [3.05, 3.63) is 36.4 Å². The second-order valence-electron chi connectivity index (χ2n) is 6.84. The molecule has 3 rings (SSSR count). The fourth-order valence-electron chi connectivity index (χ4n) is 3.12. The van der Waals surface area contributed by atoms with Crippen LogP contribution in [0.15, 0.2) is 36.4 Å². The highest BCUT2D eigenvalue weighted by Crippen LogP contribution is 2.21. The Morgan fingerprint density at radius 2 is 1.81 bits per heavy atom. The van der Waals surface area contributed by atoms with Gasteiger partial charge in [0.05, 0.1) is 18.9 Å². The second kappa shape index (κ2) is 10.8. The van der Waals surface area contributed by atoms with Gasteiger partial charge >= 0.3 is 0 Å². The maximum atomic E-state index is 5.40. The minimum atomic E-state index is 0.683. The topological polar surface area (TPSA) is 62.3 Å². The molecule has 1 fully saturated rings. The van der Waals surface area contributed by atoms with Gasteiger partial charge in [-0.15, -0.1) is 0 Å². The molecule has 1 aliphatic heterocycles. The number of hydrogen-bond acceptors (Lipinski definition) is 6. The van der Waals surface area contributed by atoms with E-state index in [-0.39, 0.29) is 0 Å². The number of benzene rings is 1. The molecule has 0 unspecified atom stereocenters. The number of unbranched alkanes of at least 4 members (excludes halogenated alkanes) is 2. The summed E-state index contributed by atoms with van der Waals surface area (Å²) in [7, 11) is 0. The van der Waals surface area contributed by atoms with Gasteiger partial charge in [0.2, 0.25) is 5.95 Å². The summed E-state index contributed by atoms with van der Waals surface area (Å²) in [4.78, 5) is 11.8. The number of aromatic nitrogens is 2. The zero-order valence-corrected chi connectivity index (χ0v) is 16.3. The van der Waals surface area contributed by atoms with Crippen LogP contribution < -0.4 is 10.6 Å². The zero-order chi connectivity index (χ0) is 18.7. The van der Waals surface area contributed by atoms with Crippen molar-refractivity contribution in [1.82, 2.24) is 14.9 Å². The number of anilines is 2. The summed E-state index contributed by atoms with van der Waals surface area (Å²) in [5, 5.41) is 6.85. The lowest BCUT2D eigenvalue weighted by molar-refractivity contribution is 0.0398. The van der Waals surface area contributed by atoms with Gasteiger partial charge in [-0.25, -0.2) is 4.98 Å². The first kappa shape index (κ1) is 19.6. The van der Waals surface area contributed by atoms with Crippen molar-refractivity contribution in [1.29, 1.82) is 0 Å². The molecule has 2 aromatic rings. The molecule has 1 saturated heterocycles. The molecule has 6 heteroatoms. The molecule has 0 amide bonds. The van der Waals surface area contributed by atoms with Crippen molar-refractivity contribution in [2.45, 2.75) is 26.2 Å². The van der Waals surface area contributed by atoms with E-state index in [4.69, 9.17) is 9.72 Å². The Kier molecular flexibility index (Phi) is 7.86. The predicted molar refractivity (Wildman–Crippen MR) is 111 cm³/mol. The van der Waals surface area contributed by atoms with E-state index in [9.17, 15) is 0 Å². The fourth-order valence-corrected chi connectivity index (χ4v) is 3.12. The lowest BCUT2D eigenvalue weighted by Crippen LogP contribution is -2.39. The number of hydrogen-bond donors (Lipinski definition) is 2. The summed E-state index contributed by atoms with van der Waals surface area (Å²) in [5.41, 5.74) is 2.05. The first-order valence-electron chi connectivity index (χ1n) is 10.1. The van der Waals surface area contributed by atoms with Gasteiger partial charge in [-0.3, -0.25) is 4.90 Å². The van der Waals surface area contributed by atoms with Crippen LogP contribution in [0, 0.1) is 0 Å². The van der Waals surface area contributed by atoms with Gasteiger partial charge in [0.15, 0.2) is 0 Å². The highest BCUT2D eigenvalue weighted by atomic mass is 16.5. The molecular weight excluding hydrogens is 338 g/mol. The Morgan fingerprint density at radius 3 is 2.59 bits per heavy atom. The maximum Gasteiger partial charge on any atom is 0.225 e. The zero-order valence-electron chi connectivity index (χ0n) is 16.3. The van der Waals surface area contributed by atoms with Gasteiger partial charge in [0, 0.05) is 44.4 Å². The van der Waals surface area contributed by atoms with Crippen molar-refractivity contribution in [3.63, 3.8) is 0 Å². The predicted octanol–water partition coefficient (Wildman–Crippen LogP) is 3.49. The summed E-state index contributed by atoms with van der Waals surface area (Å²) in [6, 6.07) is 12.3. The molecule has 0 radical (unpaired) electrons. The Bertz CT molecular complexity index is 674. The molecule has 1 aromatic heterocycles. The lowest BCUT2D eigenvalue weighted by atomic mass is 10.1. The van der Waals surface area contributed by atoms with E-state index in [1.54, 1.807) is 0 Å². The summed E-state index contributed by atoms with van der Waals surface area (Å²) in [6.45, 7) is 8.60. The Hall–Kier alpha value is -2.18. The first-order chi connectivity index (χ1) is 13.3. The van der Waals surface area contributed by atoms with E-state index in [2.05, 4.69) is 39.6 Å². The van der Waals surface area contributed by atoms with E-state index in [0.29, 0.717) is 5.95 Å². The molecule has 0 bridgehead atoms. The van der Waals surface area contributed by atoms with Gasteiger partial charge in [0.1, 0.15) is 5.82 Å². The molecule has 0 saturated carbocycles. The average Bonchev–Trinajstić information content (AvgIpc) is 2.73. The van der Waals surface area contributed by atoms with Crippen LogP contribution in [0.2, 0.25) is 0 Å². The summed E-state index contributed by atoms with van der Waals surface area (Å²) in [5.74, 6) is 1.57. The van der Waals surface area contributed by atoms with Gasteiger partial charge in [-0.2, -0.15) is 4.98 Å². The van der Waals surface area contributed by atoms with Crippen molar-refractivity contribution in [2.24, 2.45) is 0 Å². The van der Waals surface area contributed by atoms with E-state index < -0.39 is 0 Å². The van der Waals surface area contributed by atoms with Crippen LogP contribution in [-0.2, 0) is 4.74 Å². The molecule has 146 valence electrons. The van der Waals surface area contributed by atoms with Gasteiger partial charge in [-0.1, -0.05) is 50.1 Å². The third-order valence-electron chi connectivity index (χ3n) is 4.70. The van der Waals surface area contributed by atoms with Crippen LogP contribution in [0.5, 0.6) is 0 Å². The summed E-state index contributed by atoms with van der Waals surface area (Å²) >= 11 is 0. The highest BCUT2D eigenvalue weighted by Gasteiger charge is 2.11. The van der Waals surface area contributed by atoms with Crippen molar-refractivity contribution in [3.8, 4) is 11.3 Å².